The van der Waals surface area contributed by atoms with Crippen LogP contribution in [0.5, 0.6) is 0 Å². The Hall–Kier alpha value is -1.28. The molecule has 0 saturated carbocycles. The molecule has 0 aliphatic heterocycles. The Morgan fingerprint density at radius 2 is 1.90 bits per heavy atom. The topological polar surface area (TPSA) is 8.17 Å². The highest BCUT2D eigenvalue weighted by molar-refractivity contribution is 5.88. The van der Waals surface area contributed by atoms with E-state index in [4.69, 9.17) is 0 Å². The molecule has 0 bridgehead atoms. The number of aromatic nitrogens is 1. The molecule has 1 heterocycles. The zero-order chi connectivity index (χ0) is 14.7. The van der Waals surface area contributed by atoms with Crippen LogP contribution in [0.2, 0.25) is 0 Å². The Morgan fingerprint density at radius 1 is 1.15 bits per heavy atom. The Balaban J connectivity index is 2.43. The van der Waals surface area contributed by atoms with Gasteiger partial charge in [-0.3, -0.25) is 0 Å². The lowest BCUT2D eigenvalue weighted by Crippen LogP contribution is -2.13. The predicted octanol–water partition coefficient (Wildman–Crippen LogP) is 4.16. The Morgan fingerprint density at radius 3 is 2.55 bits per heavy atom. The van der Waals surface area contributed by atoms with Crippen LogP contribution in [0.25, 0.3) is 10.9 Å². The van der Waals surface area contributed by atoms with Crippen LogP contribution in [0, 0.1) is 13.8 Å². The average molecular weight is 272 g/mol. The van der Waals surface area contributed by atoms with Crippen LogP contribution < -0.4 is 0 Å². The van der Waals surface area contributed by atoms with Gasteiger partial charge in [0.2, 0.25) is 0 Å². The quantitative estimate of drug-likeness (QED) is 0.766. The third-order valence-corrected chi connectivity index (χ3v) is 4.15. The summed E-state index contributed by atoms with van der Waals surface area (Å²) in [5, 5.41) is 1.47. The molecule has 20 heavy (non-hydrogen) atoms. The molecule has 0 aliphatic rings. The second-order valence-corrected chi connectivity index (χ2v) is 6.09. The number of nitrogens with zero attached hydrogens (tertiary/aromatic N) is 2. The molecule has 0 fully saturated rings. The molecule has 1 aromatic heterocycles. The summed E-state index contributed by atoms with van der Waals surface area (Å²) < 4.78 is 2.52. The molecule has 0 unspecified atom stereocenters. The van der Waals surface area contributed by atoms with Crippen molar-refractivity contribution in [2.24, 2.45) is 0 Å². The van der Waals surface area contributed by atoms with E-state index < -0.39 is 0 Å². The third-order valence-electron chi connectivity index (χ3n) is 4.15. The third kappa shape index (κ3) is 2.90. The monoisotopic (exact) mass is 272 g/mol. The van der Waals surface area contributed by atoms with Gasteiger partial charge >= 0.3 is 0 Å². The largest absolute Gasteiger partial charge is 0.344 e. The van der Waals surface area contributed by atoms with Crippen LogP contribution in [0.3, 0.4) is 0 Å². The van der Waals surface area contributed by atoms with Crippen molar-refractivity contribution in [1.29, 1.82) is 0 Å². The fraction of sp³-hybridized carbons (Fsp3) is 0.556. The first-order valence-electron chi connectivity index (χ1n) is 7.78. The maximum atomic E-state index is 2.52. The normalized spacial score (nSPS) is 11.7. The summed E-state index contributed by atoms with van der Waals surface area (Å²) in [5.41, 5.74) is 5.87. The lowest BCUT2D eigenvalue weighted by molar-refractivity contribution is 0.400. The van der Waals surface area contributed by atoms with Crippen LogP contribution in [-0.4, -0.2) is 30.1 Å². The summed E-state index contributed by atoms with van der Waals surface area (Å²) in [6.45, 7) is 9.07. The minimum Gasteiger partial charge on any atom is -0.344 e. The summed E-state index contributed by atoms with van der Waals surface area (Å²) in [4.78, 5) is 2.27. The molecule has 0 radical (unpaired) electrons. The van der Waals surface area contributed by atoms with Crippen molar-refractivity contribution in [3.05, 3.63) is 35.0 Å². The van der Waals surface area contributed by atoms with E-state index in [1.807, 2.05) is 0 Å². The van der Waals surface area contributed by atoms with Gasteiger partial charge in [-0.2, -0.15) is 0 Å². The number of para-hydroxylation sites is 1. The van der Waals surface area contributed by atoms with Gasteiger partial charge in [0.05, 0.1) is 5.52 Å². The fourth-order valence-corrected chi connectivity index (χ4v) is 3.18. The number of hydrogen-bond acceptors (Lipinski definition) is 1. The minimum absolute atomic E-state index is 1.13. The van der Waals surface area contributed by atoms with Crippen molar-refractivity contribution >= 4 is 10.9 Å². The number of aryl methyl sites for hydroxylation is 3. The van der Waals surface area contributed by atoms with Gasteiger partial charge in [-0.1, -0.05) is 25.1 Å². The fourth-order valence-electron chi connectivity index (χ4n) is 3.18. The summed E-state index contributed by atoms with van der Waals surface area (Å²) >= 11 is 0. The van der Waals surface area contributed by atoms with Gasteiger partial charge in [0.15, 0.2) is 0 Å². The van der Waals surface area contributed by atoms with Crippen molar-refractivity contribution in [3.8, 4) is 0 Å². The first-order valence-corrected chi connectivity index (χ1v) is 7.78. The molecular formula is C18H28N2. The molecule has 110 valence electrons. The molecule has 0 spiro atoms. The molecule has 0 atom stereocenters. The van der Waals surface area contributed by atoms with E-state index >= 15 is 0 Å². The molecule has 0 aliphatic carbocycles. The summed E-state index contributed by atoms with van der Waals surface area (Å²) in [6.07, 6.45) is 3.60. The highest BCUT2D eigenvalue weighted by Gasteiger charge is 2.14. The van der Waals surface area contributed by atoms with E-state index in [9.17, 15) is 0 Å². The second kappa shape index (κ2) is 6.45. The summed E-state index contributed by atoms with van der Waals surface area (Å²) in [7, 11) is 4.30. The number of fused-ring (bicyclic) bond motifs is 1. The van der Waals surface area contributed by atoms with E-state index in [1.165, 1.54) is 41.4 Å². The van der Waals surface area contributed by atoms with Crippen LogP contribution in [0.1, 0.15) is 36.6 Å². The highest BCUT2D eigenvalue weighted by Crippen LogP contribution is 2.29. The first-order chi connectivity index (χ1) is 9.56. The zero-order valence-corrected chi connectivity index (χ0v) is 13.7. The molecule has 2 heteroatoms. The van der Waals surface area contributed by atoms with Crippen molar-refractivity contribution in [2.75, 3.05) is 20.6 Å². The van der Waals surface area contributed by atoms with E-state index in [0.717, 1.165) is 13.1 Å². The van der Waals surface area contributed by atoms with Crippen LogP contribution in [-0.2, 0) is 13.0 Å². The van der Waals surface area contributed by atoms with Crippen molar-refractivity contribution in [3.63, 3.8) is 0 Å². The predicted molar refractivity (Wildman–Crippen MR) is 88.6 cm³/mol. The van der Waals surface area contributed by atoms with Crippen LogP contribution in [0.15, 0.2) is 18.2 Å². The molecule has 1 aromatic carbocycles. The standard InChI is InChI=1S/C18H28N2/c1-6-12-20-15(3)16(11-8-13-19(4)5)17-10-7-9-14(2)18(17)20/h7,9-10H,6,8,11-13H2,1-5H3. The van der Waals surface area contributed by atoms with Crippen molar-refractivity contribution in [2.45, 2.75) is 46.6 Å². The summed E-state index contributed by atoms with van der Waals surface area (Å²) in [5.74, 6) is 0. The van der Waals surface area contributed by atoms with Crippen molar-refractivity contribution < 1.29 is 0 Å². The molecular weight excluding hydrogens is 244 g/mol. The van der Waals surface area contributed by atoms with Crippen LogP contribution in [0.4, 0.5) is 0 Å². The Bertz CT molecular complexity index is 579. The molecule has 2 aromatic rings. The lowest BCUT2D eigenvalue weighted by atomic mass is 10.0. The smallest absolute Gasteiger partial charge is 0.0514 e. The Kier molecular flexibility index (Phi) is 4.87. The van der Waals surface area contributed by atoms with Gasteiger partial charge in [0.25, 0.3) is 0 Å². The number of rotatable bonds is 6. The van der Waals surface area contributed by atoms with Gasteiger partial charge in [-0.05, 0) is 64.9 Å². The van der Waals surface area contributed by atoms with E-state index in [2.05, 4.69) is 62.5 Å². The number of hydrogen-bond donors (Lipinski definition) is 0. The maximum Gasteiger partial charge on any atom is 0.0514 e. The van der Waals surface area contributed by atoms with E-state index in [1.54, 1.807) is 5.56 Å². The molecule has 0 N–H and O–H groups in total. The molecule has 2 nitrogen and oxygen atoms in total. The second-order valence-electron chi connectivity index (χ2n) is 6.09. The zero-order valence-electron chi connectivity index (χ0n) is 13.7. The molecule has 0 saturated heterocycles. The van der Waals surface area contributed by atoms with Gasteiger partial charge < -0.3 is 9.47 Å². The average Bonchev–Trinajstić information content (AvgIpc) is 2.65. The number of benzene rings is 1. The van der Waals surface area contributed by atoms with E-state index in [0.29, 0.717) is 0 Å². The minimum atomic E-state index is 1.13. The first kappa shape index (κ1) is 15.1. The van der Waals surface area contributed by atoms with Crippen LogP contribution >= 0.6 is 0 Å². The highest BCUT2D eigenvalue weighted by atomic mass is 15.0. The molecule has 2 rings (SSSR count). The van der Waals surface area contributed by atoms with E-state index in [-0.39, 0.29) is 0 Å². The SMILES string of the molecule is CCCn1c(C)c(CCCN(C)C)c2cccc(C)c21. The molecule has 0 amide bonds. The maximum absolute atomic E-state index is 2.52. The van der Waals surface area contributed by atoms with Gasteiger partial charge in [-0.25, -0.2) is 0 Å². The summed E-state index contributed by atoms with van der Waals surface area (Å²) in [6, 6.07) is 6.73. The van der Waals surface area contributed by atoms with Gasteiger partial charge in [0.1, 0.15) is 0 Å². The van der Waals surface area contributed by atoms with Gasteiger partial charge in [0, 0.05) is 17.6 Å². The van der Waals surface area contributed by atoms with Gasteiger partial charge in [-0.15, -0.1) is 0 Å². The van der Waals surface area contributed by atoms with Crippen molar-refractivity contribution in [1.82, 2.24) is 9.47 Å². The lowest BCUT2D eigenvalue weighted by Gasteiger charge is -2.10. The Labute approximate surface area is 123 Å².